The van der Waals surface area contributed by atoms with Crippen LogP contribution in [0.4, 0.5) is 20.2 Å². The maximum absolute atomic E-state index is 13.7. The summed E-state index contributed by atoms with van der Waals surface area (Å²) < 4.78 is 35.8. The zero-order chi connectivity index (χ0) is 29.4. The van der Waals surface area contributed by atoms with Crippen LogP contribution >= 0.6 is 11.3 Å². The minimum atomic E-state index is -2.89. The number of nitro groups is 1. The number of pyridine rings is 1. The van der Waals surface area contributed by atoms with Crippen LogP contribution in [0.15, 0.2) is 48.8 Å². The van der Waals surface area contributed by atoms with E-state index in [0.717, 1.165) is 11.3 Å². The number of primary amides is 1. The van der Waals surface area contributed by atoms with E-state index >= 15 is 0 Å². The second-order valence-corrected chi connectivity index (χ2v) is 9.71. The lowest BCUT2D eigenvalue weighted by Gasteiger charge is -2.10. The highest BCUT2D eigenvalue weighted by molar-refractivity contribution is 7.21. The van der Waals surface area contributed by atoms with Gasteiger partial charge in [0.05, 0.1) is 16.8 Å². The van der Waals surface area contributed by atoms with Crippen LogP contribution in [0.3, 0.4) is 0 Å². The smallest absolute Gasteiger partial charge is 0.311 e. The van der Waals surface area contributed by atoms with Crippen molar-refractivity contribution in [2.24, 2.45) is 12.8 Å². The van der Waals surface area contributed by atoms with Gasteiger partial charge < -0.3 is 15.8 Å². The molecule has 16 heteroatoms. The number of alkyl halides is 2. The van der Waals surface area contributed by atoms with Gasteiger partial charge in [-0.05, 0) is 30.7 Å². The zero-order valence-corrected chi connectivity index (χ0v) is 22.2. The van der Waals surface area contributed by atoms with Crippen molar-refractivity contribution >= 4 is 44.7 Å². The first-order valence-electron chi connectivity index (χ1n) is 11.8. The maximum atomic E-state index is 13.7. The van der Waals surface area contributed by atoms with Gasteiger partial charge in [0.15, 0.2) is 18.2 Å². The normalized spacial score (nSPS) is 11.2. The molecule has 1 aromatic carbocycles. The number of para-hydroxylation sites is 2. The Kier molecular flexibility index (Phi) is 7.15. The van der Waals surface area contributed by atoms with Gasteiger partial charge >= 0.3 is 5.69 Å². The quantitative estimate of drug-likeness (QED) is 0.190. The number of nitrogens with one attached hydrogen (secondary N) is 1. The number of thiophene rings is 1. The number of fused-ring (bicyclic) bond motifs is 1. The molecule has 41 heavy (non-hydrogen) atoms. The first kappa shape index (κ1) is 27.3. The maximum Gasteiger partial charge on any atom is 0.311 e. The predicted molar refractivity (Wildman–Crippen MR) is 144 cm³/mol. The molecule has 0 spiro atoms. The fraction of sp³-hybridized carbons (Fsp3) is 0.160. The number of ether oxygens (including phenoxy) is 1. The molecule has 5 aromatic rings. The fourth-order valence-corrected chi connectivity index (χ4v) is 5.11. The van der Waals surface area contributed by atoms with Crippen LogP contribution in [-0.4, -0.2) is 41.3 Å². The molecule has 4 heterocycles. The van der Waals surface area contributed by atoms with E-state index in [1.54, 1.807) is 24.7 Å². The zero-order valence-electron chi connectivity index (χ0n) is 21.4. The van der Waals surface area contributed by atoms with E-state index in [1.165, 1.54) is 47.4 Å². The van der Waals surface area contributed by atoms with Crippen LogP contribution in [0.1, 0.15) is 38.0 Å². The second-order valence-electron chi connectivity index (χ2n) is 8.71. The molecule has 0 saturated heterocycles. The molecule has 5 rings (SSSR count). The van der Waals surface area contributed by atoms with E-state index in [9.17, 15) is 28.5 Å². The number of hydrogen-bond acceptors (Lipinski definition) is 9. The monoisotopic (exact) mass is 582 g/mol. The first-order valence-corrected chi connectivity index (χ1v) is 12.6. The van der Waals surface area contributed by atoms with Crippen LogP contribution in [0.25, 0.3) is 21.3 Å². The standard InChI is InChI=1S/C25H20F2N8O5S/c1-12-14(10-29-33(12)2)13-9-16(22(26)27)30-25-19(13)20(21(41-25)23(28)36)31-24(37)15-7-8-34(32-15)11-40-18-6-4-3-5-17(18)35(38)39/h3-10,22H,11H2,1-2H3,(H2,28,36)(H,31,37). The molecule has 0 radical (unpaired) electrons. The third kappa shape index (κ3) is 5.19. The number of carbonyl (C=O) groups is 2. The van der Waals surface area contributed by atoms with Crippen molar-refractivity contribution < 1.29 is 28.0 Å². The van der Waals surface area contributed by atoms with Crippen LogP contribution in [0.2, 0.25) is 0 Å². The Bertz CT molecular complexity index is 1830. The SMILES string of the molecule is Cc1c(-c2cc(C(F)F)nc3sc(C(N)=O)c(NC(=O)c4ccn(COc5ccccc5[N+](=O)[O-])n4)c23)cnn1C. The molecular weight excluding hydrogens is 562 g/mol. The van der Waals surface area contributed by atoms with E-state index in [4.69, 9.17) is 10.5 Å². The molecule has 3 N–H and O–H groups in total. The lowest BCUT2D eigenvalue weighted by atomic mass is 10.0. The molecule has 0 fully saturated rings. The van der Waals surface area contributed by atoms with E-state index in [1.807, 2.05) is 0 Å². The second kappa shape index (κ2) is 10.7. The third-order valence-corrected chi connectivity index (χ3v) is 7.28. The number of aromatic nitrogens is 5. The van der Waals surface area contributed by atoms with Gasteiger partial charge in [0.25, 0.3) is 18.2 Å². The number of nitrogens with zero attached hydrogens (tertiary/aromatic N) is 6. The number of aryl methyl sites for hydroxylation is 1. The topological polar surface area (TPSA) is 173 Å². The van der Waals surface area contributed by atoms with Crippen LogP contribution in [-0.2, 0) is 13.8 Å². The summed E-state index contributed by atoms with van der Waals surface area (Å²) in [5.41, 5.74) is 6.21. The van der Waals surface area contributed by atoms with Crippen LogP contribution in [0.5, 0.6) is 5.75 Å². The number of nitro benzene ring substituents is 1. The number of nitrogens with two attached hydrogens (primary N) is 1. The summed E-state index contributed by atoms with van der Waals surface area (Å²) in [5.74, 6) is -1.61. The van der Waals surface area contributed by atoms with Gasteiger partial charge in [-0.25, -0.2) is 18.4 Å². The Morgan fingerprint density at radius 1 is 1.24 bits per heavy atom. The molecule has 2 amide bonds. The minimum absolute atomic E-state index is 0.000204. The summed E-state index contributed by atoms with van der Waals surface area (Å²) >= 11 is 0.775. The van der Waals surface area contributed by atoms with Gasteiger partial charge in [-0.1, -0.05) is 12.1 Å². The number of hydrogen-bond donors (Lipinski definition) is 2. The molecule has 0 bridgehead atoms. The van der Waals surface area contributed by atoms with E-state index < -0.39 is 28.9 Å². The van der Waals surface area contributed by atoms with E-state index in [-0.39, 0.29) is 44.6 Å². The van der Waals surface area contributed by atoms with Gasteiger partial charge in [0.1, 0.15) is 15.4 Å². The van der Waals surface area contributed by atoms with Crippen molar-refractivity contribution in [2.45, 2.75) is 20.1 Å². The number of carbonyl (C=O) groups excluding carboxylic acids is 2. The van der Waals surface area contributed by atoms with Crippen molar-refractivity contribution in [1.29, 1.82) is 0 Å². The largest absolute Gasteiger partial charge is 0.464 e. The molecule has 0 saturated carbocycles. The van der Waals surface area contributed by atoms with E-state index in [0.29, 0.717) is 16.8 Å². The molecular formula is C25H20F2N8O5S. The van der Waals surface area contributed by atoms with Crippen molar-refractivity contribution in [1.82, 2.24) is 24.5 Å². The third-order valence-electron chi connectivity index (χ3n) is 6.18. The summed E-state index contributed by atoms with van der Waals surface area (Å²) in [6, 6.07) is 8.36. The number of amides is 2. The molecule has 4 aromatic heterocycles. The molecule has 0 aliphatic heterocycles. The molecule has 0 aliphatic rings. The Morgan fingerprint density at radius 2 is 2.00 bits per heavy atom. The van der Waals surface area contributed by atoms with Gasteiger partial charge in [0.2, 0.25) is 0 Å². The Morgan fingerprint density at radius 3 is 2.66 bits per heavy atom. The lowest BCUT2D eigenvalue weighted by molar-refractivity contribution is -0.386. The number of anilines is 1. The van der Waals surface area contributed by atoms with Gasteiger partial charge in [-0.2, -0.15) is 10.2 Å². The average molecular weight is 583 g/mol. The van der Waals surface area contributed by atoms with Crippen LogP contribution in [0, 0.1) is 17.0 Å². The highest BCUT2D eigenvalue weighted by Gasteiger charge is 2.27. The Balaban J connectivity index is 1.50. The van der Waals surface area contributed by atoms with Crippen molar-refractivity contribution in [3.8, 4) is 16.9 Å². The summed E-state index contributed by atoms with van der Waals surface area (Å²) in [6.45, 7) is 1.51. The summed E-state index contributed by atoms with van der Waals surface area (Å²) in [7, 11) is 1.69. The highest BCUT2D eigenvalue weighted by Crippen LogP contribution is 2.43. The first-order chi connectivity index (χ1) is 19.5. The Labute approximate surface area is 233 Å². The van der Waals surface area contributed by atoms with Crippen molar-refractivity contribution in [3.63, 3.8) is 0 Å². The number of benzene rings is 1. The molecule has 0 atom stereocenters. The molecule has 0 aliphatic carbocycles. The fourth-order valence-electron chi connectivity index (χ4n) is 4.10. The number of halogens is 2. The Hall–Kier alpha value is -5.25. The van der Waals surface area contributed by atoms with Gasteiger partial charge in [-0.3, -0.25) is 24.4 Å². The van der Waals surface area contributed by atoms with Gasteiger partial charge in [-0.15, -0.1) is 11.3 Å². The lowest BCUT2D eigenvalue weighted by Crippen LogP contribution is -2.18. The molecule has 13 nitrogen and oxygen atoms in total. The van der Waals surface area contributed by atoms with Gasteiger partial charge in [0, 0.05) is 36.0 Å². The highest BCUT2D eigenvalue weighted by atomic mass is 32.1. The van der Waals surface area contributed by atoms with Crippen LogP contribution < -0.4 is 15.8 Å². The van der Waals surface area contributed by atoms with Crippen molar-refractivity contribution in [3.05, 3.63) is 80.9 Å². The predicted octanol–water partition coefficient (Wildman–Crippen LogP) is 4.44. The van der Waals surface area contributed by atoms with Crippen molar-refractivity contribution in [2.75, 3.05) is 5.32 Å². The average Bonchev–Trinajstić information content (AvgIpc) is 3.65. The summed E-state index contributed by atoms with van der Waals surface area (Å²) in [5, 5.41) is 22.4. The summed E-state index contributed by atoms with van der Waals surface area (Å²) in [6.07, 6.45) is 0.0205. The van der Waals surface area contributed by atoms with E-state index in [2.05, 4.69) is 20.5 Å². The number of rotatable bonds is 9. The molecule has 210 valence electrons. The molecule has 0 unspecified atom stereocenters. The minimum Gasteiger partial charge on any atom is -0.464 e. The summed E-state index contributed by atoms with van der Waals surface area (Å²) in [4.78, 5) is 40.2.